The number of aromatic nitrogens is 3. The Morgan fingerprint density at radius 1 is 1.50 bits per heavy atom. The second-order valence-electron chi connectivity index (χ2n) is 4.60. The van der Waals surface area contributed by atoms with Crippen LogP contribution in [0.4, 0.5) is 0 Å². The fourth-order valence-corrected chi connectivity index (χ4v) is 2.61. The number of aryl methyl sites for hydroxylation is 1. The van der Waals surface area contributed by atoms with E-state index in [0.717, 1.165) is 37.1 Å². The lowest BCUT2D eigenvalue weighted by molar-refractivity contribution is -0.136. The first kappa shape index (κ1) is 11.1. The molecule has 0 unspecified atom stereocenters. The summed E-state index contributed by atoms with van der Waals surface area (Å²) in [6, 6.07) is 3.89. The molecular formula is C13H15N3O2. The molecule has 0 aliphatic carbocycles. The lowest BCUT2D eigenvalue weighted by Crippen LogP contribution is -2.11. The Balaban J connectivity index is 2.13. The number of H-pyrrole nitrogens is 1. The van der Waals surface area contributed by atoms with Crippen LogP contribution >= 0.6 is 0 Å². The van der Waals surface area contributed by atoms with E-state index < -0.39 is 5.97 Å². The van der Waals surface area contributed by atoms with Crippen molar-refractivity contribution in [1.29, 1.82) is 0 Å². The molecule has 0 spiro atoms. The first-order valence-corrected chi connectivity index (χ1v) is 6.20. The molecule has 3 heterocycles. The van der Waals surface area contributed by atoms with Crippen LogP contribution in [-0.4, -0.2) is 25.8 Å². The summed E-state index contributed by atoms with van der Waals surface area (Å²) in [7, 11) is 0. The normalized spacial score (nSPS) is 14.4. The maximum Gasteiger partial charge on any atom is 0.309 e. The summed E-state index contributed by atoms with van der Waals surface area (Å²) >= 11 is 0. The summed E-state index contributed by atoms with van der Waals surface area (Å²) in [6.07, 6.45) is 5.07. The van der Waals surface area contributed by atoms with Crippen LogP contribution < -0.4 is 0 Å². The summed E-state index contributed by atoms with van der Waals surface area (Å²) < 4.78 is 1.97. The van der Waals surface area contributed by atoms with E-state index in [-0.39, 0.29) is 6.42 Å². The molecule has 5 heteroatoms. The summed E-state index contributed by atoms with van der Waals surface area (Å²) in [6.45, 7) is 0.892. The Bertz CT molecular complexity index is 569. The molecule has 2 N–H and O–H groups in total. The number of carbonyl (C=O) groups is 1. The van der Waals surface area contributed by atoms with Gasteiger partial charge in [0.15, 0.2) is 0 Å². The molecule has 1 aliphatic heterocycles. The zero-order valence-corrected chi connectivity index (χ0v) is 10.0. The molecule has 0 aromatic carbocycles. The van der Waals surface area contributed by atoms with Crippen LogP contribution in [0.3, 0.4) is 0 Å². The number of nitrogens with zero attached hydrogens (tertiary/aromatic N) is 2. The maximum absolute atomic E-state index is 10.9. The molecule has 18 heavy (non-hydrogen) atoms. The smallest absolute Gasteiger partial charge is 0.309 e. The van der Waals surface area contributed by atoms with Gasteiger partial charge >= 0.3 is 5.97 Å². The minimum atomic E-state index is -0.835. The molecule has 2 aromatic rings. The zero-order valence-electron chi connectivity index (χ0n) is 10.0. The highest BCUT2D eigenvalue weighted by Gasteiger charge is 2.23. The van der Waals surface area contributed by atoms with Crippen molar-refractivity contribution in [3.05, 3.63) is 29.7 Å². The molecule has 1 aliphatic rings. The van der Waals surface area contributed by atoms with Gasteiger partial charge in [0.1, 0.15) is 0 Å². The van der Waals surface area contributed by atoms with Crippen molar-refractivity contribution in [3.63, 3.8) is 0 Å². The van der Waals surface area contributed by atoms with E-state index in [2.05, 4.69) is 10.1 Å². The first-order valence-electron chi connectivity index (χ1n) is 6.20. The van der Waals surface area contributed by atoms with Crippen LogP contribution in [0, 0.1) is 0 Å². The van der Waals surface area contributed by atoms with Crippen molar-refractivity contribution in [2.75, 3.05) is 0 Å². The molecule has 2 aromatic heterocycles. The van der Waals surface area contributed by atoms with E-state index in [1.54, 1.807) is 0 Å². The highest BCUT2D eigenvalue weighted by atomic mass is 16.4. The van der Waals surface area contributed by atoms with Crippen LogP contribution in [0.2, 0.25) is 0 Å². The first-order chi connectivity index (χ1) is 8.75. The fourth-order valence-electron chi connectivity index (χ4n) is 2.61. The van der Waals surface area contributed by atoms with Crippen molar-refractivity contribution in [2.24, 2.45) is 0 Å². The average Bonchev–Trinajstić information content (AvgIpc) is 2.93. The average molecular weight is 245 g/mol. The minimum Gasteiger partial charge on any atom is -0.481 e. The quantitative estimate of drug-likeness (QED) is 0.866. The molecule has 5 nitrogen and oxygen atoms in total. The van der Waals surface area contributed by atoms with E-state index in [1.807, 2.05) is 23.0 Å². The van der Waals surface area contributed by atoms with Gasteiger partial charge in [-0.1, -0.05) is 0 Å². The fraction of sp³-hybridized carbons (Fsp3) is 0.385. The second-order valence-corrected chi connectivity index (χ2v) is 4.60. The lowest BCUT2D eigenvalue weighted by atomic mass is 10.0. The summed E-state index contributed by atoms with van der Waals surface area (Å²) in [4.78, 5) is 14.1. The molecule has 0 saturated heterocycles. The van der Waals surface area contributed by atoms with E-state index in [0.29, 0.717) is 5.69 Å². The van der Waals surface area contributed by atoms with E-state index in [1.165, 1.54) is 5.69 Å². The van der Waals surface area contributed by atoms with Crippen LogP contribution in [0.5, 0.6) is 0 Å². The van der Waals surface area contributed by atoms with E-state index in [4.69, 9.17) is 5.11 Å². The third kappa shape index (κ3) is 1.81. The third-order valence-corrected chi connectivity index (χ3v) is 3.35. The highest BCUT2D eigenvalue weighted by Crippen LogP contribution is 2.30. The van der Waals surface area contributed by atoms with Crippen molar-refractivity contribution in [3.8, 4) is 11.3 Å². The number of aliphatic carboxylic acids is 1. The standard InChI is InChI=1S/C13H15N3O2/c17-12(18)8-10-13(9-4-3-6-14-9)11-5-1-2-7-16(11)15-10/h3-4,6,14H,1-2,5,7-8H2,(H,17,18). The largest absolute Gasteiger partial charge is 0.481 e. The number of fused-ring (bicyclic) bond motifs is 1. The van der Waals surface area contributed by atoms with E-state index >= 15 is 0 Å². The lowest BCUT2D eigenvalue weighted by Gasteiger charge is -2.14. The second kappa shape index (κ2) is 4.33. The number of hydrogen-bond donors (Lipinski definition) is 2. The molecule has 0 saturated carbocycles. The zero-order chi connectivity index (χ0) is 12.5. The minimum absolute atomic E-state index is 0.0195. The molecule has 3 rings (SSSR count). The molecule has 0 fully saturated rings. The number of rotatable bonds is 3. The van der Waals surface area contributed by atoms with Crippen molar-refractivity contribution in [2.45, 2.75) is 32.2 Å². The predicted octanol–water partition coefficient (Wildman–Crippen LogP) is 1.84. The number of hydrogen-bond acceptors (Lipinski definition) is 2. The Kier molecular flexibility index (Phi) is 2.66. The topological polar surface area (TPSA) is 70.9 Å². The van der Waals surface area contributed by atoms with Gasteiger partial charge in [-0.3, -0.25) is 9.48 Å². The molecule has 0 bridgehead atoms. The summed E-state index contributed by atoms with van der Waals surface area (Å²) in [5, 5.41) is 13.5. The van der Waals surface area contributed by atoms with Gasteiger partial charge in [0, 0.05) is 29.7 Å². The number of nitrogens with one attached hydrogen (secondary N) is 1. The number of carboxylic acids is 1. The summed E-state index contributed by atoms with van der Waals surface area (Å²) in [5.41, 5.74) is 3.79. The summed E-state index contributed by atoms with van der Waals surface area (Å²) in [5.74, 6) is -0.835. The molecule has 94 valence electrons. The third-order valence-electron chi connectivity index (χ3n) is 3.35. The number of aromatic amines is 1. The van der Waals surface area contributed by atoms with Gasteiger partial charge in [0.05, 0.1) is 12.1 Å². The van der Waals surface area contributed by atoms with Gasteiger partial charge in [-0.05, 0) is 31.4 Å². The maximum atomic E-state index is 10.9. The molecule has 0 radical (unpaired) electrons. The monoisotopic (exact) mass is 245 g/mol. The van der Waals surface area contributed by atoms with Crippen LogP contribution in [0.1, 0.15) is 24.2 Å². The van der Waals surface area contributed by atoms with E-state index in [9.17, 15) is 4.79 Å². The SMILES string of the molecule is O=C(O)Cc1nn2c(c1-c1ccc[nH]1)CCCC2. The van der Waals surface area contributed by atoms with Crippen molar-refractivity contribution in [1.82, 2.24) is 14.8 Å². The molecule has 0 amide bonds. The van der Waals surface area contributed by atoms with Crippen molar-refractivity contribution >= 4 is 5.97 Å². The van der Waals surface area contributed by atoms with Gasteiger partial charge in [0.2, 0.25) is 0 Å². The van der Waals surface area contributed by atoms with Crippen LogP contribution in [-0.2, 0) is 24.2 Å². The van der Waals surface area contributed by atoms with Crippen LogP contribution in [0.15, 0.2) is 18.3 Å². The number of carboxylic acid groups (broad SMARTS) is 1. The predicted molar refractivity (Wildman–Crippen MR) is 66.3 cm³/mol. The Hall–Kier alpha value is -2.04. The van der Waals surface area contributed by atoms with Crippen LogP contribution in [0.25, 0.3) is 11.3 Å². The van der Waals surface area contributed by atoms with Gasteiger partial charge in [-0.2, -0.15) is 5.10 Å². The van der Waals surface area contributed by atoms with Gasteiger partial charge in [0.25, 0.3) is 0 Å². The van der Waals surface area contributed by atoms with Gasteiger partial charge < -0.3 is 10.1 Å². The highest BCUT2D eigenvalue weighted by molar-refractivity contribution is 5.75. The molecular weight excluding hydrogens is 230 g/mol. The Labute approximate surface area is 104 Å². The molecule has 0 atom stereocenters. The Morgan fingerprint density at radius 2 is 2.39 bits per heavy atom. The van der Waals surface area contributed by atoms with Gasteiger partial charge in [-0.25, -0.2) is 0 Å². The van der Waals surface area contributed by atoms with Crippen molar-refractivity contribution < 1.29 is 9.90 Å². The van der Waals surface area contributed by atoms with Gasteiger partial charge in [-0.15, -0.1) is 0 Å². The Morgan fingerprint density at radius 3 is 3.11 bits per heavy atom.